The molecule has 1 aromatic rings. The Hall–Kier alpha value is -0.370. The third kappa shape index (κ3) is 7.44. The van der Waals surface area contributed by atoms with E-state index in [-0.39, 0.29) is 24.0 Å². The number of rotatable bonds is 7. The molecule has 0 saturated carbocycles. The van der Waals surface area contributed by atoms with Crippen molar-refractivity contribution in [3.05, 3.63) is 16.1 Å². The van der Waals surface area contributed by atoms with Gasteiger partial charge in [-0.05, 0) is 13.3 Å². The van der Waals surface area contributed by atoms with Crippen LogP contribution in [0.4, 0.5) is 0 Å². The zero-order valence-electron chi connectivity index (χ0n) is 13.8. The molecule has 0 spiro atoms. The van der Waals surface area contributed by atoms with Gasteiger partial charge in [0.25, 0.3) is 0 Å². The standard InChI is InChI=1S/C15H28N4S.HI/c1-6-8-9-19(5)15(16-7-2)17-10-13-11-20-14(18-13)12(3)4;/h11-12H,6-10H2,1-5H3,(H,16,17);1H. The maximum atomic E-state index is 4.68. The third-order valence-corrected chi connectivity index (χ3v) is 4.19. The Morgan fingerprint density at radius 2 is 2.14 bits per heavy atom. The average Bonchev–Trinajstić information content (AvgIpc) is 2.89. The molecule has 0 bridgehead atoms. The minimum absolute atomic E-state index is 0. The molecule has 0 unspecified atom stereocenters. The topological polar surface area (TPSA) is 40.5 Å². The fourth-order valence-corrected chi connectivity index (χ4v) is 2.61. The van der Waals surface area contributed by atoms with E-state index < -0.39 is 0 Å². The van der Waals surface area contributed by atoms with Gasteiger partial charge >= 0.3 is 0 Å². The van der Waals surface area contributed by atoms with Gasteiger partial charge in [0.05, 0.1) is 17.2 Å². The van der Waals surface area contributed by atoms with Crippen molar-refractivity contribution in [2.45, 2.75) is 53.0 Å². The molecule has 0 aliphatic heterocycles. The Bertz CT molecular complexity index is 418. The summed E-state index contributed by atoms with van der Waals surface area (Å²) in [7, 11) is 2.09. The third-order valence-electron chi connectivity index (χ3n) is 3.00. The molecule has 0 aromatic carbocycles. The van der Waals surface area contributed by atoms with Crippen molar-refractivity contribution in [1.29, 1.82) is 0 Å². The molecule has 0 aliphatic rings. The van der Waals surface area contributed by atoms with Crippen LogP contribution in [0.2, 0.25) is 0 Å². The molecule has 0 atom stereocenters. The van der Waals surface area contributed by atoms with E-state index in [0.717, 1.165) is 24.7 Å². The largest absolute Gasteiger partial charge is 0.357 e. The van der Waals surface area contributed by atoms with Crippen LogP contribution in [0.25, 0.3) is 0 Å². The highest BCUT2D eigenvalue weighted by Crippen LogP contribution is 2.19. The number of halogens is 1. The van der Waals surface area contributed by atoms with Gasteiger partial charge in [-0.25, -0.2) is 9.98 Å². The van der Waals surface area contributed by atoms with Gasteiger partial charge in [-0.3, -0.25) is 0 Å². The maximum absolute atomic E-state index is 4.68. The molecular weight excluding hydrogens is 395 g/mol. The molecule has 0 fully saturated rings. The van der Waals surface area contributed by atoms with Crippen LogP contribution in [0.3, 0.4) is 0 Å². The summed E-state index contributed by atoms with van der Waals surface area (Å²) >= 11 is 1.73. The first kappa shape index (κ1) is 20.6. The van der Waals surface area contributed by atoms with Crippen LogP contribution in [-0.2, 0) is 6.54 Å². The zero-order valence-corrected chi connectivity index (χ0v) is 17.0. The fraction of sp³-hybridized carbons (Fsp3) is 0.733. The van der Waals surface area contributed by atoms with Crippen molar-refractivity contribution < 1.29 is 0 Å². The molecule has 1 rings (SSSR count). The summed E-state index contributed by atoms with van der Waals surface area (Å²) in [5.41, 5.74) is 1.07. The molecule has 21 heavy (non-hydrogen) atoms. The van der Waals surface area contributed by atoms with Gasteiger partial charge in [0.1, 0.15) is 0 Å². The van der Waals surface area contributed by atoms with Crippen LogP contribution >= 0.6 is 35.3 Å². The number of unbranched alkanes of at least 4 members (excludes halogenated alkanes) is 1. The van der Waals surface area contributed by atoms with E-state index in [4.69, 9.17) is 0 Å². The van der Waals surface area contributed by atoms with Gasteiger partial charge in [-0.1, -0.05) is 27.2 Å². The normalized spacial score (nSPS) is 11.4. The van der Waals surface area contributed by atoms with E-state index in [1.54, 1.807) is 11.3 Å². The smallest absolute Gasteiger partial charge is 0.194 e. The van der Waals surface area contributed by atoms with E-state index in [1.165, 1.54) is 17.8 Å². The molecule has 1 heterocycles. The molecule has 1 N–H and O–H groups in total. The van der Waals surface area contributed by atoms with Crippen molar-refractivity contribution >= 4 is 41.3 Å². The fourth-order valence-electron chi connectivity index (χ4n) is 1.79. The molecule has 122 valence electrons. The number of hydrogen-bond donors (Lipinski definition) is 1. The van der Waals surface area contributed by atoms with Gasteiger partial charge in [-0.2, -0.15) is 0 Å². The minimum Gasteiger partial charge on any atom is -0.357 e. The highest BCUT2D eigenvalue weighted by Gasteiger charge is 2.07. The number of guanidine groups is 1. The van der Waals surface area contributed by atoms with Crippen LogP contribution in [0, 0.1) is 0 Å². The van der Waals surface area contributed by atoms with Crippen LogP contribution in [0.1, 0.15) is 57.2 Å². The molecule has 1 aromatic heterocycles. The van der Waals surface area contributed by atoms with Crippen LogP contribution < -0.4 is 5.32 Å². The van der Waals surface area contributed by atoms with Gasteiger partial charge in [0.15, 0.2) is 5.96 Å². The number of hydrogen-bond acceptors (Lipinski definition) is 3. The lowest BCUT2D eigenvalue weighted by molar-refractivity contribution is 0.464. The Morgan fingerprint density at radius 1 is 1.43 bits per heavy atom. The molecule has 0 radical (unpaired) electrons. The van der Waals surface area contributed by atoms with Crippen LogP contribution in [0.15, 0.2) is 10.4 Å². The summed E-state index contributed by atoms with van der Waals surface area (Å²) in [4.78, 5) is 11.5. The predicted octanol–water partition coefficient (Wildman–Crippen LogP) is 4.08. The van der Waals surface area contributed by atoms with Gasteiger partial charge in [0, 0.05) is 31.4 Å². The Balaban J connectivity index is 0.00000400. The van der Waals surface area contributed by atoms with Crippen LogP contribution in [0.5, 0.6) is 0 Å². The van der Waals surface area contributed by atoms with E-state index in [1.807, 2.05) is 0 Å². The Labute approximate surface area is 150 Å². The van der Waals surface area contributed by atoms with E-state index >= 15 is 0 Å². The lowest BCUT2D eigenvalue weighted by atomic mass is 10.2. The summed E-state index contributed by atoms with van der Waals surface area (Å²) in [6.07, 6.45) is 2.39. The van der Waals surface area contributed by atoms with Crippen molar-refractivity contribution in [3.63, 3.8) is 0 Å². The van der Waals surface area contributed by atoms with Crippen LogP contribution in [-0.4, -0.2) is 36.0 Å². The van der Waals surface area contributed by atoms with E-state index in [2.05, 4.69) is 60.3 Å². The second-order valence-electron chi connectivity index (χ2n) is 5.28. The van der Waals surface area contributed by atoms with Gasteiger partial charge in [-0.15, -0.1) is 35.3 Å². The SMILES string of the molecule is CCCCN(C)C(=NCc1csc(C(C)C)n1)NCC.I. The summed E-state index contributed by atoms with van der Waals surface area (Å²) in [5.74, 6) is 1.47. The highest BCUT2D eigenvalue weighted by atomic mass is 127. The first-order valence-corrected chi connectivity index (χ1v) is 8.40. The van der Waals surface area contributed by atoms with Crippen molar-refractivity contribution in [2.75, 3.05) is 20.1 Å². The molecule has 0 aliphatic carbocycles. The summed E-state index contributed by atoms with van der Waals surface area (Å²) in [6, 6.07) is 0. The lowest BCUT2D eigenvalue weighted by Gasteiger charge is -2.21. The molecular formula is C15H29IN4S. The van der Waals surface area contributed by atoms with Crippen molar-refractivity contribution in [3.8, 4) is 0 Å². The first-order valence-electron chi connectivity index (χ1n) is 7.52. The number of aliphatic imine (C=N–C) groups is 1. The number of nitrogens with zero attached hydrogens (tertiary/aromatic N) is 3. The molecule has 4 nitrogen and oxygen atoms in total. The first-order chi connectivity index (χ1) is 9.58. The molecule has 0 amide bonds. The lowest BCUT2D eigenvalue weighted by Crippen LogP contribution is -2.39. The van der Waals surface area contributed by atoms with Gasteiger partial charge in [0.2, 0.25) is 0 Å². The molecule has 0 saturated heterocycles. The van der Waals surface area contributed by atoms with Crippen molar-refractivity contribution in [1.82, 2.24) is 15.2 Å². The van der Waals surface area contributed by atoms with E-state index in [0.29, 0.717) is 12.5 Å². The minimum atomic E-state index is 0. The zero-order chi connectivity index (χ0) is 15.0. The maximum Gasteiger partial charge on any atom is 0.194 e. The summed E-state index contributed by atoms with van der Waals surface area (Å²) in [6.45, 7) is 11.2. The summed E-state index contributed by atoms with van der Waals surface area (Å²) in [5, 5.41) is 6.66. The van der Waals surface area contributed by atoms with E-state index in [9.17, 15) is 0 Å². The highest BCUT2D eigenvalue weighted by molar-refractivity contribution is 14.0. The second-order valence-corrected chi connectivity index (χ2v) is 6.17. The second kappa shape index (κ2) is 11.2. The Morgan fingerprint density at radius 3 is 2.67 bits per heavy atom. The predicted molar refractivity (Wildman–Crippen MR) is 104 cm³/mol. The summed E-state index contributed by atoms with van der Waals surface area (Å²) < 4.78 is 0. The number of aromatic nitrogens is 1. The number of thiazole rings is 1. The quantitative estimate of drug-likeness (QED) is 0.407. The Kier molecular flexibility index (Phi) is 11.0. The monoisotopic (exact) mass is 424 g/mol. The van der Waals surface area contributed by atoms with Crippen molar-refractivity contribution in [2.24, 2.45) is 4.99 Å². The van der Waals surface area contributed by atoms with Gasteiger partial charge < -0.3 is 10.2 Å². The molecule has 6 heteroatoms. The average molecular weight is 424 g/mol. The number of nitrogens with one attached hydrogen (secondary N) is 1.